The van der Waals surface area contributed by atoms with Gasteiger partial charge in [0, 0.05) is 28.0 Å². The molecule has 1 aromatic heterocycles. The summed E-state index contributed by atoms with van der Waals surface area (Å²) in [7, 11) is 0. The monoisotopic (exact) mass is 538 g/mol. The third kappa shape index (κ3) is 7.40. The van der Waals surface area contributed by atoms with Crippen LogP contribution in [-0.4, -0.2) is 39.0 Å². The van der Waals surface area contributed by atoms with Crippen LogP contribution >= 0.6 is 46.7 Å². The Kier molecular flexibility index (Phi) is 10.1. The van der Waals surface area contributed by atoms with Crippen molar-refractivity contribution in [2.45, 2.75) is 37.1 Å². The van der Waals surface area contributed by atoms with Crippen LogP contribution in [0.2, 0.25) is 10.0 Å². The summed E-state index contributed by atoms with van der Waals surface area (Å²) in [5, 5.41) is 13.3. The van der Waals surface area contributed by atoms with Crippen molar-refractivity contribution in [2.75, 3.05) is 17.7 Å². The van der Waals surface area contributed by atoms with Crippen molar-refractivity contribution in [3.63, 3.8) is 0 Å². The predicted molar refractivity (Wildman–Crippen MR) is 139 cm³/mol. The summed E-state index contributed by atoms with van der Waals surface area (Å²) in [4.78, 5) is 24.1. The number of carbonyl (C=O) groups excluding carboxylic acids is 2. The third-order valence-electron chi connectivity index (χ3n) is 4.63. The highest BCUT2D eigenvalue weighted by Crippen LogP contribution is 2.27. The first-order valence-electron chi connectivity index (χ1n) is 10.5. The Bertz CT molecular complexity index is 1140. The summed E-state index contributed by atoms with van der Waals surface area (Å²) in [5.74, 6) is 1.86. The smallest absolute Gasteiger partial charge is 0.338 e. The lowest BCUT2D eigenvalue weighted by Gasteiger charge is -2.09. The maximum atomic E-state index is 12.4. The SMILES string of the molecule is CCOC(=O)c1ccc(NC(=O)CSc2nnc(CSCc3ccc(Cl)cc3Cl)n2CC)cc1. The molecule has 7 nitrogen and oxygen atoms in total. The molecule has 34 heavy (non-hydrogen) atoms. The van der Waals surface area contributed by atoms with Gasteiger partial charge in [0.2, 0.25) is 5.91 Å². The number of nitrogens with one attached hydrogen (secondary N) is 1. The van der Waals surface area contributed by atoms with Crippen LogP contribution < -0.4 is 5.32 Å². The number of amides is 1. The van der Waals surface area contributed by atoms with E-state index in [2.05, 4.69) is 15.5 Å². The topological polar surface area (TPSA) is 86.1 Å². The van der Waals surface area contributed by atoms with Crippen molar-refractivity contribution in [3.8, 4) is 0 Å². The van der Waals surface area contributed by atoms with E-state index in [-0.39, 0.29) is 17.6 Å². The Morgan fingerprint density at radius 2 is 1.82 bits per heavy atom. The zero-order valence-electron chi connectivity index (χ0n) is 18.7. The average molecular weight is 540 g/mol. The van der Waals surface area contributed by atoms with Crippen LogP contribution in [0, 0.1) is 0 Å². The molecule has 0 aliphatic heterocycles. The van der Waals surface area contributed by atoms with E-state index in [1.54, 1.807) is 49.0 Å². The molecule has 180 valence electrons. The standard InChI is InChI=1S/C23H24Cl2N4O3S2/c1-3-29-20(13-33-12-16-5-8-17(24)11-19(16)25)27-28-23(29)34-14-21(30)26-18-9-6-15(7-10-18)22(31)32-4-2/h5-11H,3-4,12-14H2,1-2H3,(H,26,30). The molecular formula is C23H24Cl2N4O3S2. The molecule has 0 radical (unpaired) electrons. The highest BCUT2D eigenvalue weighted by atomic mass is 35.5. The predicted octanol–water partition coefficient (Wildman–Crippen LogP) is 5.95. The molecule has 0 saturated heterocycles. The first-order chi connectivity index (χ1) is 16.4. The van der Waals surface area contributed by atoms with Gasteiger partial charge in [-0.25, -0.2) is 4.79 Å². The fourth-order valence-corrected chi connectivity index (χ4v) is 5.32. The highest BCUT2D eigenvalue weighted by molar-refractivity contribution is 7.99. The maximum Gasteiger partial charge on any atom is 0.338 e. The van der Waals surface area contributed by atoms with Crippen molar-refractivity contribution in [1.29, 1.82) is 0 Å². The summed E-state index contributed by atoms with van der Waals surface area (Å²) < 4.78 is 6.96. The van der Waals surface area contributed by atoms with E-state index in [1.165, 1.54) is 11.8 Å². The molecule has 0 aliphatic carbocycles. The second-order valence-electron chi connectivity index (χ2n) is 7.01. The molecule has 0 spiro atoms. The zero-order chi connectivity index (χ0) is 24.5. The summed E-state index contributed by atoms with van der Waals surface area (Å²) in [6, 6.07) is 12.1. The van der Waals surface area contributed by atoms with Gasteiger partial charge in [-0.2, -0.15) is 0 Å². The van der Waals surface area contributed by atoms with E-state index >= 15 is 0 Å². The van der Waals surface area contributed by atoms with Crippen LogP contribution in [0.25, 0.3) is 0 Å². The zero-order valence-corrected chi connectivity index (χ0v) is 21.9. The molecule has 1 heterocycles. The van der Waals surface area contributed by atoms with Crippen molar-refractivity contribution >= 4 is 64.3 Å². The summed E-state index contributed by atoms with van der Waals surface area (Å²) in [6.07, 6.45) is 0. The van der Waals surface area contributed by atoms with Crippen molar-refractivity contribution in [2.24, 2.45) is 0 Å². The Morgan fingerprint density at radius 1 is 1.06 bits per heavy atom. The number of rotatable bonds is 11. The molecule has 0 atom stereocenters. The quantitative estimate of drug-likeness (QED) is 0.238. The van der Waals surface area contributed by atoms with E-state index in [4.69, 9.17) is 27.9 Å². The number of ether oxygens (including phenoxy) is 1. The van der Waals surface area contributed by atoms with Gasteiger partial charge in [-0.05, 0) is 55.8 Å². The van der Waals surface area contributed by atoms with Crippen LogP contribution in [0.1, 0.15) is 35.6 Å². The molecule has 0 bridgehead atoms. The fraction of sp³-hybridized carbons (Fsp3) is 0.304. The number of esters is 1. The van der Waals surface area contributed by atoms with E-state index in [0.717, 1.165) is 17.1 Å². The molecule has 1 amide bonds. The molecule has 3 rings (SSSR count). The number of carbonyl (C=O) groups is 2. The Labute approximate surface area is 216 Å². The van der Waals surface area contributed by atoms with Gasteiger partial charge < -0.3 is 14.6 Å². The lowest BCUT2D eigenvalue weighted by atomic mass is 10.2. The van der Waals surface area contributed by atoms with Crippen LogP contribution in [0.15, 0.2) is 47.6 Å². The number of nitrogens with zero attached hydrogens (tertiary/aromatic N) is 3. The van der Waals surface area contributed by atoms with E-state index < -0.39 is 0 Å². The number of anilines is 1. The molecule has 0 saturated carbocycles. The van der Waals surface area contributed by atoms with Crippen molar-refractivity contribution in [3.05, 3.63) is 69.5 Å². The van der Waals surface area contributed by atoms with E-state index in [0.29, 0.717) is 45.4 Å². The summed E-state index contributed by atoms with van der Waals surface area (Å²) in [6.45, 7) is 4.78. The van der Waals surface area contributed by atoms with Crippen LogP contribution in [0.3, 0.4) is 0 Å². The van der Waals surface area contributed by atoms with Crippen LogP contribution in [0.5, 0.6) is 0 Å². The van der Waals surface area contributed by atoms with E-state index in [9.17, 15) is 9.59 Å². The van der Waals surface area contributed by atoms with Gasteiger partial charge in [-0.3, -0.25) is 4.79 Å². The normalized spacial score (nSPS) is 10.8. The molecule has 11 heteroatoms. The van der Waals surface area contributed by atoms with E-state index in [1.807, 2.05) is 23.6 Å². The Hall–Kier alpha value is -2.20. The number of benzene rings is 2. The number of thioether (sulfide) groups is 2. The lowest BCUT2D eigenvalue weighted by Crippen LogP contribution is -2.15. The second-order valence-corrected chi connectivity index (χ2v) is 9.78. The number of aromatic nitrogens is 3. The van der Waals surface area contributed by atoms with Crippen LogP contribution in [-0.2, 0) is 27.6 Å². The third-order valence-corrected chi connectivity index (χ3v) is 7.16. The van der Waals surface area contributed by atoms with Gasteiger partial charge in [0.15, 0.2) is 5.16 Å². The molecule has 0 unspecified atom stereocenters. The van der Waals surface area contributed by atoms with Gasteiger partial charge in [-0.15, -0.1) is 22.0 Å². The second kappa shape index (κ2) is 13.0. The van der Waals surface area contributed by atoms with Gasteiger partial charge in [-0.1, -0.05) is 41.0 Å². The largest absolute Gasteiger partial charge is 0.462 e. The van der Waals surface area contributed by atoms with Crippen LogP contribution in [0.4, 0.5) is 5.69 Å². The Balaban J connectivity index is 1.51. The van der Waals surface area contributed by atoms with Gasteiger partial charge >= 0.3 is 5.97 Å². The minimum absolute atomic E-state index is 0.173. The number of halogens is 2. The first-order valence-corrected chi connectivity index (χ1v) is 13.4. The number of hydrogen-bond acceptors (Lipinski definition) is 7. The summed E-state index contributed by atoms with van der Waals surface area (Å²) >= 11 is 15.2. The molecular weight excluding hydrogens is 515 g/mol. The van der Waals surface area contributed by atoms with Crippen molar-refractivity contribution in [1.82, 2.24) is 14.8 Å². The molecule has 3 aromatic rings. The lowest BCUT2D eigenvalue weighted by molar-refractivity contribution is -0.113. The number of hydrogen-bond donors (Lipinski definition) is 1. The first kappa shape index (κ1) is 26.4. The molecule has 0 fully saturated rings. The molecule has 0 aliphatic rings. The molecule has 1 N–H and O–H groups in total. The molecule has 2 aromatic carbocycles. The van der Waals surface area contributed by atoms with Gasteiger partial charge in [0.05, 0.1) is 23.7 Å². The maximum absolute atomic E-state index is 12.4. The minimum atomic E-state index is -0.389. The highest BCUT2D eigenvalue weighted by Gasteiger charge is 2.14. The van der Waals surface area contributed by atoms with Crippen molar-refractivity contribution < 1.29 is 14.3 Å². The van der Waals surface area contributed by atoms with Gasteiger partial charge in [0.25, 0.3) is 0 Å². The minimum Gasteiger partial charge on any atom is -0.462 e. The summed E-state index contributed by atoms with van der Waals surface area (Å²) in [5.41, 5.74) is 2.06. The Morgan fingerprint density at radius 3 is 2.50 bits per heavy atom. The fourth-order valence-electron chi connectivity index (χ4n) is 2.97. The van der Waals surface area contributed by atoms with Gasteiger partial charge in [0.1, 0.15) is 5.82 Å². The average Bonchev–Trinajstić information content (AvgIpc) is 3.21.